The molecule has 1 heterocycles. The maximum absolute atomic E-state index is 13.5. The number of hydrogen-bond acceptors (Lipinski definition) is 4. The summed E-state index contributed by atoms with van der Waals surface area (Å²) in [5, 5.41) is 2.91. The van der Waals surface area contributed by atoms with E-state index in [0.29, 0.717) is 17.9 Å². The van der Waals surface area contributed by atoms with Crippen LogP contribution in [0.3, 0.4) is 0 Å². The fraction of sp³-hybridized carbons (Fsp3) is 0.609. The highest BCUT2D eigenvalue weighted by atomic mass is 16.5. The summed E-state index contributed by atoms with van der Waals surface area (Å²) >= 11 is 0. The molecule has 1 N–H and O–H groups in total. The molecule has 1 aromatic heterocycles. The maximum atomic E-state index is 13.5. The normalized spacial score (nSPS) is 14.3. The lowest BCUT2D eigenvalue weighted by atomic mass is 9.85. The lowest BCUT2D eigenvalue weighted by Crippen LogP contribution is -2.56. The van der Waals surface area contributed by atoms with Gasteiger partial charge in [-0.2, -0.15) is 0 Å². The SMILES string of the molecule is CCOC(=O)/C(C)=C/[C@H](C(C)C)N(C)C(=O)C(NC(=O)c1cccn1C)C(C)(C)C. The molecule has 1 rings (SSSR count). The standard InChI is InChI=1S/C23H37N3O4/c1-10-30-22(29)16(4)14-18(15(2)3)26(9)21(28)19(23(5,6)7)24-20(27)17-12-11-13-25(17)8/h11-15,18-19H,10H2,1-9H3,(H,24,27)/b16-14+/t18-,19?/m1/s1. The highest BCUT2D eigenvalue weighted by molar-refractivity contribution is 5.97. The zero-order valence-corrected chi connectivity index (χ0v) is 19.8. The van der Waals surface area contributed by atoms with E-state index in [1.54, 1.807) is 61.8 Å². The smallest absolute Gasteiger partial charge is 0.333 e. The van der Waals surface area contributed by atoms with Crippen molar-refractivity contribution in [1.82, 2.24) is 14.8 Å². The number of hydrogen-bond donors (Lipinski definition) is 1. The molecule has 1 aromatic rings. The van der Waals surface area contributed by atoms with Crippen LogP contribution in [0.2, 0.25) is 0 Å². The van der Waals surface area contributed by atoms with Crippen LogP contribution in [0.1, 0.15) is 59.0 Å². The van der Waals surface area contributed by atoms with E-state index < -0.39 is 17.4 Å². The predicted molar refractivity (Wildman–Crippen MR) is 118 cm³/mol. The van der Waals surface area contributed by atoms with Crippen molar-refractivity contribution in [2.45, 2.75) is 60.5 Å². The second-order valence-electron chi connectivity index (χ2n) is 9.03. The van der Waals surface area contributed by atoms with Gasteiger partial charge in [0.15, 0.2) is 0 Å². The Morgan fingerprint density at radius 1 is 1.27 bits per heavy atom. The Morgan fingerprint density at radius 3 is 2.30 bits per heavy atom. The third-order valence-corrected chi connectivity index (χ3v) is 5.06. The highest BCUT2D eigenvalue weighted by Crippen LogP contribution is 2.24. The lowest BCUT2D eigenvalue weighted by Gasteiger charge is -2.37. The van der Waals surface area contributed by atoms with Gasteiger partial charge >= 0.3 is 5.97 Å². The highest BCUT2D eigenvalue weighted by Gasteiger charge is 2.37. The monoisotopic (exact) mass is 419 g/mol. The van der Waals surface area contributed by atoms with Crippen LogP contribution in [-0.4, -0.2) is 53.0 Å². The minimum absolute atomic E-state index is 0.0625. The van der Waals surface area contributed by atoms with E-state index in [9.17, 15) is 14.4 Å². The average molecular weight is 420 g/mol. The Kier molecular flexibility index (Phi) is 8.88. The predicted octanol–water partition coefficient (Wildman–Crippen LogP) is 3.16. The van der Waals surface area contributed by atoms with E-state index in [0.717, 1.165) is 0 Å². The van der Waals surface area contributed by atoms with Gasteiger partial charge in [0.1, 0.15) is 11.7 Å². The minimum atomic E-state index is -0.734. The summed E-state index contributed by atoms with van der Waals surface area (Å²) in [5.74, 6) is -0.846. The summed E-state index contributed by atoms with van der Waals surface area (Å²) in [7, 11) is 3.49. The van der Waals surface area contributed by atoms with Gasteiger partial charge in [0.2, 0.25) is 5.91 Å². The van der Waals surface area contributed by atoms with Gasteiger partial charge in [-0.3, -0.25) is 9.59 Å². The van der Waals surface area contributed by atoms with Crippen LogP contribution in [-0.2, 0) is 21.4 Å². The number of likely N-dealkylation sites (N-methyl/N-ethyl adjacent to an activating group) is 1. The molecule has 0 aliphatic rings. The van der Waals surface area contributed by atoms with E-state index in [2.05, 4.69) is 5.32 Å². The molecular formula is C23H37N3O4. The first-order valence-electron chi connectivity index (χ1n) is 10.4. The molecule has 0 aliphatic heterocycles. The summed E-state index contributed by atoms with van der Waals surface area (Å²) in [6.45, 7) is 13.4. The number of esters is 1. The Hall–Kier alpha value is -2.57. The van der Waals surface area contributed by atoms with Gasteiger partial charge in [-0.15, -0.1) is 0 Å². The van der Waals surface area contributed by atoms with E-state index in [-0.39, 0.29) is 23.8 Å². The summed E-state index contributed by atoms with van der Waals surface area (Å²) in [6, 6.07) is 2.44. The zero-order chi connectivity index (χ0) is 23.2. The molecule has 2 atom stereocenters. The molecule has 0 fully saturated rings. The van der Waals surface area contributed by atoms with Crippen molar-refractivity contribution in [1.29, 1.82) is 0 Å². The van der Waals surface area contributed by atoms with Crippen molar-refractivity contribution in [2.75, 3.05) is 13.7 Å². The van der Waals surface area contributed by atoms with Crippen LogP contribution in [0, 0.1) is 11.3 Å². The van der Waals surface area contributed by atoms with Crippen molar-refractivity contribution in [3.63, 3.8) is 0 Å². The van der Waals surface area contributed by atoms with Gasteiger partial charge in [0.25, 0.3) is 5.91 Å². The van der Waals surface area contributed by atoms with Gasteiger partial charge in [-0.25, -0.2) is 4.79 Å². The average Bonchev–Trinajstić information content (AvgIpc) is 3.07. The van der Waals surface area contributed by atoms with Gasteiger partial charge in [0, 0.05) is 25.9 Å². The van der Waals surface area contributed by atoms with Crippen molar-refractivity contribution < 1.29 is 19.1 Å². The fourth-order valence-electron chi connectivity index (χ4n) is 3.22. The summed E-state index contributed by atoms with van der Waals surface area (Å²) < 4.78 is 6.78. The van der Waals surface area contributed by atoms with Crippen LogP contribution < -0.4 is 5.32 Å². The number of nitrogens with zero attached hydrogens (tertiary/aromatic N) is 2. The quantitative estimate of drug-likeness (QED) is 0.518. The topological polar surface area (TPSA) is 80.6 Å². The molecule has 0 radical (unpaired) electrons. The third kappa shape index (κ3) is 6.47. The molecule has 168 valence electrons. The third-order valence-electron chi connectivity index (χ3n) is 5.06. The maximum Gasteiger partial charge on any atom is 0.333 e. The molecule has 0 aliphatic carbocycles. The molecule has 2 amide bonds. The van der Waals surface area contributed by atoms with E-state index in [4.69, 9.17) is 4.74 Å². The van der Waals surface area contributed by atoms with Crippen molar-refractivity contribution in [2.24, 2.45) is 18.4 Å². The van der Waals surface area contributed by atoms with Crippen LogP contribution in [0.5, 0.6) is 0 Å². The molecule has 0 bridgehead atoms. The second-order valence-corrected chi connectivity index (χ2v) is 9.03. The summed E-state index contributed by atoms with van der Waals surface area (Å²) in [6.07, 6.45) is 3.55. The van der Waals surface area contributed by atoms with E-state index in [1.165, 1.54) is 0 Å². The number of aryl methyl sites for hydroxylation is 1. The molecule has 0 aromatic carbocycles. The zero-order valence-electron chi connectivity index (χ0n) is 19.8. The Morgan fingerprint density at radius 2 is 1.87 bits per heavy atom. The lowest BCUT2D eigenvalue weighted by molar-refractivity contribution is -0.139. The number of carbonyl (C=O) groups is 3. The van der Waals surface area contributed by atoms with Crippen molar-refractivity contribution in [3.05, 3.63) is 35.7 Å². The molecule has 30 heavy (non-hydrogen) atoms. The first-order valence-corrected chi connectivity index (χ1v) is 10.4. The molecule has 7 nitrogen and oxygen atoms in total. The largest absolute Gasteiger partial charge is 0.463 e. The van der Waals surface area contributed by atoms with Crippen LogP contribution in [0.15, 0.2) is 30.0 Å². The Balaban J connectivity index is 3.17. The first kappa shape index (κ1) is 25.5. The second kappa shape index (κ2) is 10.5. The minimum Gasteiger partial charge on any atom is -0.463 e. The van der Waals surface area contributed by atoms with E-state index in [1.807, 2.05) is 34.6 Å². The van der Waals surface area contributed by atoms with Crippen molar-refractivity contribution in [3.8, 4) is 0 Å². The van der Waals surface area contributed by atoms with Gasteiger partial charge < -0.3 is 19.5 Å². The number of ether oxygens (including phenoxy) is 1. The molecule has 0 saturated heterocycles. The van der Waals surface area contributed by atoms with Crippen LogP contribution in [0.25, 0.3) is 0 Å². The van der Waals surface area contributed by atoms with Crippen molar-refractivity contribution >= 4 is 17.8 Å². The molecule has 0 saturated carbocycles. The summed E-state index contributed by atoms with van der Waals surface area (Å²) in [4.78, 5) is 39.9. The molecule has 1 unspecified atom stereocenters. The Labute approximate surface area is 180 Å². The first-order chi connectivity index (χ1) is 13.8. The number of rotatable bonds is 8. The summed E-state index contributed by atoms with van der Waals surface area (Å²) in [5.41, 5.74) is 0.432. The van der Waals surface area contributed by atoms with Crippen LogP contribution >= 0.6 is 0 Å². The number of amides is 2. The molecule has 0 spiro atoms. The number of carbonyl (C=O) groups excluding carboxylic acids is 3. The van der Waals surface area contributed by atoms with Crippen LogP contribution in [0.4, 0.5) is 0 Å². The Bertz CT molecular complexity index is 787. The fourth-order valence-corrected chi connectivity index (χ4v) is 3.22. The van der Waals surface area contributed by atoms with Gasteiger partial charge in [0.05, 0.1) is 12.6 Å². The number of aromatic nitrogens is 1. The molecular weight excluding hydrogens is 382 g/mol. The van der Waals surface area contributed by atoms with Gasteiger partial charge in [-0.1, -0.05) is 40.7 Å². The number of nitrogens with one attached hydrogen (secondary N) is 1. The van der Waals surface area contributed by atoms with Gasteiger partial charge in [-0.05, 0) is 37.3 Å². The molecule has 7 heteroatoms. The van der Waals surface area contributed by atoms with E-state index >= 15 is 0 Å².